The third kappa shape index (κ3) is 7.30. The van der Waals surface area contributed by atoms with Crippen molar-refractivity contribution in [1.29, 1.82) is 0 Å². The van der Waals surface area contributed by atoms with E-state index in [1.54, 1.807) is 13.8 Å². The smallest absolute Gasteiger partial charge is 0.171 e. The van der Waals surface area contributed by atoms with E-state index in [2.05, 4.69) is 20.1 Å². The summed E-state index contributed by atoms with van der Waals surface area (Å²) in [4.78, 5) is 6.02. The second-order valence-electron chi connectivity index (χ2n) is 8.32. The monoisotopic (exact) mass is 564 g/mol. The molecule has 198 valence electrons. The molecule has 4 aromatic rings. The fourth-order valence-corrected chi connectivity index (χ4v) is 7.30. The number of rotatable bonds is 11. The first kappa shape index (κ1) is 28.4. The maximum absolute atomic E-state index is 9.35. The third-order valence-corrected chi connectivity index (χ3v) is 9.38. The SMILES string of the molecule is C/C(N=[N+]=[N-])=C(OP(c1ccccc1)c1ccccc1)\C(OP(c1ccccc1)c1ccccc1)=C(/C)N=[N+]=[N-]. The van der Waals surface area contributed by atoms with Gasteiger partial charge in [0.15, 0.2) is 27.8 Å². The van der Waals surface area contributed by atoms with Gasteiger partial charge in [0.2, 0.25) is 0 Å². The first-order chi connectivity index (χ1) is 19.6. The molecule has 0 radical (unpaired) electrons. The zero-order valence-electron chi connectivity index (χ0n) is 21.9. The average molecular weight is 565 g/mol. The second kappa shape index (κ2) is 14.6. The number of azide groups is 2. The predicted molar refractivity (Wildman–Crippen MR) is 164 cm³/mol. The highest BCUT2D eigenvalue weighted by atomic mass is 31.1. The largest absolute Gasteiger partial charge is 0.460 e. The lowest BCUT2D eigenvalue weighted by Crippen LogP contribution is -2.17. The van der Waals surface area contributed by atoms with E-state index in [0.29, 0.717) is 0 Å². The van der Waals surface area contributed by atoms with Crippen molar-refractivity contribution < 1.29 is 9.05 Å². The van der Waals surface area contributed by atoms with Crippen LogP contribution in [0.4, 0.5) is 0 Å². The van der Waals surface area contributed by atoms with Gasteiger partial charge >= 0.3 is 0 Å². The molecule has 0 heterocycles. The Bertz CT molecular complexity index is 1370. The number of hydrogen-bond donors (Lipinski definition) is 0. The molecule has 0 aliphatic rings. The van der Waals surface area contributed by atoms with Crippen LogP contribution in [-0.2, 0) is 9.05 Å². The summed E-state index contributed by atoms with van der Waals surface area (Å²) >= 11 is 0. The van der Waals surface area contributed by atoms with E-state index in [1.165, 1.54) is 0 Å². The van der Waals surface area contributed by atoms with Crippen LogP contribution in [0.15, 0.2) is 154 Å². The minimum absolute atomic E-state index is 0.209. The third-order valence-electron chi connectivity index (χ3n) is 5.58. The molecule has 4 rings (SSSR count). The molecule has 0 saturated carbocycles. The quantitative estimate of drug-likeness (QED) is 0.0456. The standard InChI is InChI=1S/C30H26N6O2P2/c1-23(33-35-31)29(37-39(25-15-7-3-8-16-25)26-17-9-4-10-18-26)30(24(2)34-36-32)38-40(27-19-11-5-12-20-27)28-21-13-6-14-22-28/h3-22H,1-2H3/b29-23-,30-24-. The van der Waals surface area contributed by atoms with E-state index in [1.807, 2.05) is 121 Å². The number of allylic oxidation sites excluding steroid dienone is 2. The number of hydrogen-bond acceptors (Lipinski definition) is 4. The zero-order chi connectivity index (χ0) is 28.2. The number of nitrogens with zero attached hydrogens (tertiary/aromatic N) is 6. The molecule has 8 nitrogen and oxygen atoms in total. The van der Waals surface area contributed by atoms with E-state index >= 15 is 0 Å². The molecule has 0 spiro atoms. The van der Waals surface area contributed by atoms with Gasteiger partial charge in [0.05, 0.1) is 11.4 Å². The lowest BCUT2D eigenvalue weighted by atomic mass is 10.3. The van der Waals surface area contributed by atoms with Crippen molar-refractivity contribution in [2.45, 2.75) is 13.8 Å². The second-order valence-corrected chi connectivity index (χ2v) is 11.9. The van der Waals surface area contributed by atoms with Crippen LogP contribution in [0.2, 0.25) is 0 Å². The van der Waals surface area contributed by atoms with Crippen molar-refractivity contribution in [2.75, 3.05) is 0 Å². The molecule has 4 aromatic carbocycles. The Morgan fingerprint density at radius 1 is 0.500 bits per heavy atom. The van der Waals surface area contributed by atoms with Gasteiger partial charge in [-0.1, -0.05) is 132 Å². The summed E-state index contributed by atoms with van der Waals surface area (Å²) in [6, 6.07) is 39.3. The predicted octanol–water partition coefficient (Wildman–Crippen LogP) is 8.20. The zero-order valence-corrected chi connectivity index (χ0v) is 23.7. The first-order valence-electron chi connectivity index (χ1n) is 12.3. The summed E-state index contributed by atoms with van der Waals surface area (Å²) in [6.45, 7) is 3.30. The molecule has 0 bridgehead atoms. The van der Waals surface area contributed by atoms with E-state index in [0.717, 1.165) is 21.2 Å². The van der Waals surface area contributed by atoms with Crippen molar-refractivity contribution in [3.8, 4) is 0 Å². The van der Waals surface area contributed by atoms with Crippen LogP contribution in [0.25, 0.3) is 20.9 Å². The highest BCUT2D eigenvalue weighted by Crippen LogP contribution is 2.46. The maximum Gasteiger partial charge on any atom is 0.171 e. The van der Waals surface area contributed by atoms with Crippen molar-refractivity contribution in [1.82, 2.24) is 0 Å². The van der Waals surface area contributed by atoms with Gasteiger partial charge in [-0.2, -0.15) is 0 Å². The van der Waals surface area contributed by atoms with Crippen LogP contribution >= 0.6 is 16.3 Å². The Morgan fingerprint density at radius 3 is 0.975 bits per heavy atom. The van der Waals surface area contributed by atoms with Crippen molar-refractivity contribution in [3.05, 3.63) is 165 Å². The van der Waals surface area contributed by atoms with E-state index < -0.39 is 16.3 Å². The Balaban J connectivity index is 1.89. The molecule has 0 atom stereocenters. The molecule has 0 amide bonds. The van der Waals surface area contributed by atoms with E-state index in [-0.39, 0.29) is 22.9 Å². The minimum Gasteiger partial charge on any atom is -0.460 e. The van der Waals surface area contributed by atoms with Crippen LogP contribution in [0.3, 0.4) is 0 Å². The minimum atomic E-state index is -1.42. The van der Waals surface area contributed by atoms with Gasteiger partial charge in [0, 0.05) is 31.0 Å². The van der Waals surface area contributed by atoms with Gasteiger partial charge < -0.3 is 9.05 Å². The van der Waals surface area contributed by atoms with Crippen molar-refractivity contribution in [2.24, 2.45) is 10.2 Å². The van der Waals surface area contributed by atoms with Crippen LogP contribution in [-0.4, -0.2) is 0 Å². The summed E-state index contributed by atoms with van der Waals surface area (Å²) in [6.07, 6.45) is 0. The summed E-state index contributed by atoms with van der Waals surface area (Å²) in [5.41, 5.74) is 19.2. The maximum atomic E-state index is 9.35. The molecule has 0 aliphatic carbocycles. The molecule has 10 heteroatoms. The van der Waals surface area contributed by atoms with Gasteiger partial charge in [-0.3, -0.25) is 0 Å². The lowest BCUT2D eigenvalue weighted by molar-refractivity contribution is 0.387. The molecule has 0 unspecified atom stereocenters. The van der Waals surface area contributed by atoms with Crippen molar-refractivity contribution in [3.63, 3.8) is 0 Å². The van der Waals surface area contributed by atoms with Crippen LogP contribution in [0.5, 0.6) is 0 Å². The first-order valence-corrected chi connectivity index (χ1v) is 14.8. The van der Waals surface area contributed by atoms with Gasteiger partial charge in [-0.05, 0) is 24.9 Å². The van der Waals surface area contributed by atoms with Gasteiger partial charge in [0.25, 0.3) is 0 Å². The van der Waals surface area contributed by atoms with Crippen LogP contribution in [0, 0.1) is 0 Å². The fourth-order valence-electron chi connectivity index (χ4n) is 3.71. The molecule has 0 saturated heterocycles. The van der Waals surface area contributed by atoms with Crippen LogP contribution in [0.1, 0.15) is 13.8 Å². The molecule has 0 fully saturated rings. The lowest BCUT2D eigenvalue weighted by Gasteiger charge is -2.27. The summed E-state index contributed by atoms with van der Waals surface area (Å²) < 4.78 is 13.5. The van der Waals surface area contributed by atoms with Crippen molar-refractivity contribution >= 4 is 37.5 Å². The molecular formula is C30H26N6O2P2. The Hall–Kier alpha value is -4.56. The topological polar surface area (TPSA) is 116 Å². The summed E-state index contributed by atoms with van der Waals surface area (Å²) in [5.74, 6) is 0.418. The highest BCUT2D eigenvalue weighted by Gasteiger charge is 2.27. The molecule has 40 heavy (non-hydrogen) atoms. The molecule has 0 aromatic heterocycles. The Labute approximate surface area is 235 Å². The van der Waals surface area contributed by atoms with Gasteiger partial charge in [0.1, 0.15) is 0 Å². The number of benzene rings is 4. The molecule has 0 aliphatic heterocycles. The van der Waals surface area contributed by atoms with Crippen LogP contribution < -0.4 is 21.2 Å². The molecular weight excluding hydrogens is 538 g/mol. The summed E-state index contributed by atoms with van der Waals surface area (Å²) in [7, 11) is -2.83. The normalized spacial score (nSPS) is 12.0. The Kier molecular flexibility index (Phi) is 10.4. The Morgan fingerprint density at radius 2 is 0.750 bits per heavy atom. The van der Waals surface area contributed by atoms with Gasteiger partial charge in [-0.25, -0.2) is 0 Å². The fraction of sp³-hybridized carbons (Fsp3) is 0.0667. The average Bonchev–Trinajstić information content (AvgIpc) is 3.01. The highest BCUT2D eigenvalue weighted by molar-refractivity contribution is 7.69. The van der Waals surface area contributed by atoms with Gasteiger partial charge in [-0.15, -0.1) is 0 Å². The molecule has 0 N–H and O–H groups in total. The summed E-state index contributed by atoms with van der Waals surface area (Å²) in [5, 5.41) is 11.6. The van der Waals surface area contributed by atoms with E-state index in [9.17, 15) is 11.1 Å². The van der Waals surface area contributed by atoms with E-state index in [4.69, 9.17) is 9.05 Å².